The molecule has 1 saturated heterocycles. The Bertz CT molecular complexity index is 963. The highest BCUT2D eigenvalue weighted by atomic mass is 35.5. The van der Waals surface area contributed by atoms with Gasteiger partial charge in [-0.1, -0.05) is 23.4 Å². The maximum absolute atomic E-state index is 13.0. The average molecular weight is 403 g/mol. The third-order valence-corrected chi connectivity index (χ3v) is 6.12. The van der Waals surface area contributed by atoms with Crippen molar-refractivity contribution in [2.75, 3.05) is 10.2 Å². The summed E-state index contributed by atoms with van der Waals surface area (Å²) in [5, 5.41) is 3.16. The van der Waals surface area contributed by atoms with Crippen LogP contribution in [-0.4, -0.2) is 22.7 Å². The van der Waals surface area contributed by atoms with E-state index < -0.39 is 10.8 Å². The van der Waals surface area contributed by atoms with Gasteiger partial charge >= 0.3 is 5.97 Å². The van der Waals surface area contributed by atoms with Crippen molar-refractivity contribution in [3.05, 3.63) is 47.5 Å². The van der Waals surface area contributed by atoms with Crippen LogP contribution in [0.5, 0.6) is 5.75 Å². The molecule has 0 spiro atoms. The summed E-state index contributed by atoms with van der Waals surface area (Å²) in [7, 11) is 0. The fourth-order valence-electron chi connectivity index (χ4n) is 3.29. The van der Waals surface area contributed by atoms with E-state index >= 15 is 0 Å². The summed E-state index contributed by atoms with van der Waals surface area (Å²) in [6, 6.07) is 11.7. The highest BCUT2D eigenvalue weighted by Gasteiger charge is 2.58. The Kier molecular flexibility index (Phi) is 4.36. The van der Waals surface area contributed by atoms with Crippen LogP contribution in [0.15, 0.2) is 47.4 Å². The molecule has 4 rings (SSSR count). The van der Waals surface area contributed by atoms with Gasteiger partial charge in [-0.2, -0.15) is 0 Å². The van der Waals surface area contributed by atoms with E-state index in [2.05, 4.69) is 5.32 Å². The Hall–Kier alpha value is -2.51. The van der Waals surface area contributed by atoms with Crippen LogP contribution in [0.3, 0.4) is 0 Å². The molecule has 2 aromatic carbocycles. The van der Waals surface area contributed by atoms with E-state index in [0.29, 0.717) is 28.6 Å². The number of halogens is 1. The minimum Gasteiger partial charge on any atom is -0.424 e. The number of hydrogen-bond donors (Lipinski definition) is 1. The van der Waals surface area contributed by atoms with Crippen molar-refractivity contribution in [1.29, 1.82) is 0 Å². The van der Waals surface area contributed by atoms with E-state index in [1.165, 1.54) is 23.6 Å². The summed E-state index contributed by atoms with van der Waals surface area (Å²) < 4.78 is 5.57. The number of ether oxygens (including phenoxy) is 1. The third kappa shape index (κ3) is 3.07. The quantitative estimate of drug-likeness (QED) is 0.623. The van der Waals surface area contributed by atoms with E-state index in [4.69, 9.17) is 16.3 Å². The molecule has 2 aromatic rings. The molecule has 27 heavy (non-hydrogen) atoms. The average Bonchev–Trinajstić information content (AvgIpc) is 3.12. The molecule has 0 unspecified atom stereocenters. The van der Waals surface area contributed by atoms with Crippen LogP contribution in [-0.2, 0) is 14.4 Å². The van der Waals surface area contributed by atoms with Crippen molar-refractivity contribution in [3.8, 4) is 5.75 Å². The molecule has 2 aliphatic rings. The first-order valence-electron chi connectivity index (χ1n) is 8.31. The molecule has 0 aromatic heterocycles. The second-order valence-electron chi connectivity index (χ2n) is 6.32. The lowest BCUT2D eigenvalue weighted by Gasteiger charge is -2.28. The molecule has 2 heterocycles. The fraction of sp³-hybridized carbons (Fsp3) is 0.211. The van der Waals surface area contributed by atoms with E-state index in [1.54, 1.807) is 36.4 Å². The summed E-state index contributed by atoms with van der Waals surface area (Å²) in [5.41, 5.74) is 1.25. The zero-order valence-corrected chi connectivity index (χ0v) is 15.9. The third-order valence-electron chi connectivity index (χ3n) is 4.43. The van der Waals surface area contributed by atoms with Gasteiger partial charge in [0.05, 0.1) is 5.69 Å². The van der Waals surface area contributed by atoms with Crippen molar-refractivity contribution in [3.63, 3.8) is 0 Å². The molecule has 6 nitrogen and oxygen atoms in total. The number of thioether (sulfide) groups is 1. The Morgan fingerprint density at radius 1 is 1.22 bits per heavy atom. The van der Waals surface area contributed by atoms with Crippen LogP contribution in [0.1, 0.15) is 19.8 Å². The summed E-state index contributed by atoms with van der Waals surface area (Å²) >= 11 is 7.39. The lowest BCUT2D eigenvalue weighted by Crippen LogP contribution is -2.48. The molecule has 1 fully saturated rings. The number of carbonyl (C=O) groups excluding carboxylic acids is 3. The van der Waals surface area contributed by atoms with Crippen LogP contribution >= 0.6 is 23.4 Å². The number of nitrogens with one attached hydrogen (secondary N) is 1. The van der Waals surface area contributed by atoms with Gasteiger partial charge in [0.1, 0.15) is 5.75 Å². The number of esters is 1. The Morgan fingerprint density at radius 3 is 2.67 bits per heavy atom. The highest BCUT2D eigenvalue weighted by Crippen LogP contribution is 2.56. The van der Waals surface area contributed by atoms with Gasteiger partial charge in [0.15, 0.2) is 4.87 Å². The van der Waals surface area contributed by atoms with Gasteiger partial charge in [0.2, 0.25) is 11.8 Å². The van der Waals surface area contributed by atoms with Gasteiger partial charge in [0.25, 0.3) is 0 Å². The minimum atomic E-state index is -1.11. The van der Waals surface area contributed by atoms with Crippen LogP contribution in [0, 0.1) is 0 Å². The molecule has 2 amide bonds. The van der Waals surface area contributed by atoms with Gasteiger partial charge in [-0.25, -0.2) is 4.79 Å². The Balaban J connectivity index is 1.60. The van der Waals surface area contributed by atoms with E-state index in [9.17, 15) is 14.4 Å². The van der Waals surface area contributed by atoms with E-state index in [1.807, 2.05) is 6.07 Å². The summed E-state index contributed by atoms with van der Waals surface area (Å²) in [5.74, 6) is -0.464. The molecule has 0 bridgehead atoms. The maximum Gasteiger partial charge on any atom is 0.348 e. The first kappa shape index (κ1) is 17.9. The SMILES string of the molecule is CC(=O)Nc1ccc(OC(=O)[C@@]23CCC(=O)N2c2cc(Cl)ccc2S3)cc1. The predicted molar refractivity (Wildman–Crippen MR) is 103 cm³/mol. The van der Waals surface area contributed by atoms with Gasteiger partial charge in [-0.15, -0.1) is 0 Å². The topological polar surface area (TPSA) is 75.7 Å². The fourth-order valence-corrected chi connectivity index (χ4v) is 4.83. The molecule has 8 heteroatoms. The summed E-state index contributed by atoms with van der Waals surface area (Å²) in [4.78, 5) is 37.8. The van der Waals surface area contributed by atoms with Crippen LogP contribution in [0.4, 0.5) is 11.4 Å². The maximum atomic E-state index is 13.0. The Labute approximate surface area is 164 Å². The number of benzene rings is 2. The van der Waals surface area contributed by atoms with Crippen molar-refractivity contribution in [1.82, 2.24) is 0 Å². The number of amides is 2. The van der Waals surface area contributed by atoms with Gasteiger partial charge < -0.3 is 10.1 Å². The molecule has 138 valence electrons. The van der Waals surface area contributed by atoms with Gasteiger partial charge in [0, 0.05) is 35.4 Å². The summed E-state index contributed by atoms with van der Waals surface area (Å²) in [6.45, 7) is 1.42. The zero-order chi connectivity index (χ0) is 19.2. The van der Waals surface area contributed by atoms with Crippen molar-refractivity contribution in [2.45, 2.75) is 29.5 Å². The molecule has 1 N–H and O–H groups in total. The monoisotopic (exact) mass is 402 g/mol. The number of carbonyl (C=O) groups is 3. The molecular formula is C19H15ClN2O4S. The Morgan fingerprint density at radius 2 is 1.96 bits per heavy atom. The number of rotatable bonds is 3. The number of fused-ring (bicyclic) bond motifs is 3. The molecule has 0 radical (unpaired) electrons. The predicted octanol–water partition coefficient (Wildman–Crippen LogP) is 3.83. The highest BCUT2D eigenvalue weighted by molar-refractivity contribution is 8.02. The first-order chi connectivity index (χ1) is 12.9. The minimum absolute atomic E-state index is 0.124. The van der Waals surface area contributed by atoms with Crippen LogP contribution in [0.25, 0.3) is 0 Å². The number of nitrogens with zero attached hydrogens (tertiary/aromatic N) is 1. The van der Waals surface area contributed by atoms with E-state index in [0.717, 1.165) is 4.90 Å². The van der Waals surface area contributed by atoms with E-state index in [-0.39, 0.29) is 18.2 Å². The van der Waals surface area contributed by atoms with Crippen molar-refractivity contribution in [2.24, 2.45) is 0 Å². The molecule has 2 aliphatic heterocycles. The lowest BCUT2D eigenvalue weighted by atomic mass is 10.2. The molecule has 0 aliphatic carbocycles. The largest absolute Gasteiger partial charge is 0.424 e. The second kappa shape index (κ2) is 6.58. The van der Waals surface area contributed by atoms with Gasteiger partial charge in [-0.05, 0) is 42.5 Å². The van der Waals surface area contributed by atoms with Gasteiger partial charge in [-0.3, -0.25) is 14.5 Å². The standard InChI is InChI=1S/C19H15ClN2O4S/c1-11(23)21-13-3-5-14(6-4-13)26-18(25)19-9-8-17(24)22(19)15-10-12(20)2-7-16(15)27-19/h2-7,10H,8-9H2,1H3,(H,21,23)/t19-/m0/s1. The molecular weight excluding hydrogens is 388 g/mol. The van der Waals surface area contributed by atoms with Crippen LogP contribution in [0.2, 0.25) is 5.02 Å². The number of anilines is 2. The lowest BCUT2D eigenvalue weighted by molar-refractivity contribution is -0.137. The number of hydrogen-bond acceptors (Lipinski definition) is 5. The molecule has 0 saturated carbocycles. The van der Waals surface area contributed by atoms with Crippen molar-refractivity contribution >= 4 is 52.5 Å². The smallest absolute Gasteiger partial charge is 0.348 e. The normalized spacial score (nSPS) is 20.2. The first-order valence-corrected chi connectivity index (χ1v) is 9.50. The zero-order valence-electron chi connectivity index (χ0n) is 14.3. The summed E-state index contributed by atoms with van der Waals surface area (Å²) in [6.07, 6.45) is 0.640. The van der Waals surface area contributed by atoms with Crippen molar-refractivity contribution < 1.29 is 19.1 Å². The molecule has 1 atom stereocenters. The second-order valence-corrected chi connectivity index (χ2v) is 8.08. The van der Waals surface area contributed by atoms with Crippen LogP contribution < -0.4 is 15.0 Å².